The minimum Gasteiger partial charge on any atom is -0.483 e. The lowest BCUT2D eigenvalue weighted by Crippen LogP contribution is -2.49. The molecule has 0 bridgehead atoms. The van der Waals surface area contributed by atoms with E-state index in [0.29, 0.717) is 16.3 Å². The Bertz CT molecular complexity index is 842. The third-order valence-corrected chi connectivity index (χ3v) is 3.77. The van der Waals surface area contributed by atoms with Gasteiger partial charge >= 0.3 is 0 Å². The Hall–Kier alpha value is -2.64. The number of ether oxygens (including phenoxy) is 1. The van der Waals surface area contributed by atoms with Gasteiger partial charge in [-0.25, -0.2) is 0 Å². The molecule has 2 aromatic carbocycles. The molecule has 3 N–H and O–H groups in total. The first-order valence-corrected chi connectivity index (χ1v) is 8.49. The van der Waals surface area contributed by atoms with Gasteiger partial charge in [-0.05, 0) is 61.5 Å². The second-order valence-electron chi connectivity index (χ2n) is 5.52. The van der Waals surface area contributed by atoms with Gasteiger partial charge in [0, 0.05) is 10.6 Å². The van der Waals surface area contributed by atoms with Crippen LogP contribution in [-0.4, -0.2) is 23.5 Å². The number of amides is 2. The molecule has 136 valence electrons. The molecule has 0 saturated heterocycles. The van der Waals surface area contributed by atoms with Crippen molar-refractivity contribution >= 4 is 40.7 Å². The van der Waals surface area contributed by atoms with Crippen LogP contribution in [-0.2, 0) is 4.79 Å². The molecule has 0 radical (unpaired) electrons. The van der Waals surface area contributed by atoms with Crippen molar-refractivity contribution in [2.75, 3.05) is 6.61 Å². The smallest absolute Gasteiger partial charge is 0.269 e. The van der Waals surface area contributed by atoms with Crippen LogP contribution in [0.3, 0.4) is 0 Å². The molecule has 0 aromatic heterocycles. The van der Waals surface area contributed by atoms with E-state index in [-0.39, 0.29) is 11.7 Å². The lowest BCUT2D eigenvalue weighted by molar-refractivity contribution is -0.121. The van der Waals surface area contributed by atoms with Gasteiger partial charge in [-0.3, -0.25) is 25.8 Å². The van der Waals surface area contributed by atoms with Crippen LogP contribution in [0.2, 0.25) is 5.02 Å². The highest BCUT2D eigenvalue weighted by molar-refractivity contribution is 7.80. The van der Waals surface area contributed by atoms with Crippen LogP contribution in [0.5, 0.6) is 5.75 Å². The number of carbonyl (C=O) groups is 2. The highest BCUT2D eigenvalue weighted by Gasteiger charge is 2.09. The molecular weight excluding hydrogens is 374 g/mol. The maximum Gasteiger partial charge on any atom is 0.269 e. The molecular formula is C18H18ClN3O3S. The quantitative estimate of drug-likeness (QED) is 0.551. The minimum absolute atomic E-state index is 0.0463. The second kappa shape index (κ2) is 9.17. The number of carbonyl (C=O) groups excluding carboxylic acids is 2. The fraction of sp³-hybridized carbons (Fsp3) is 0.167. The molecule has 0 saturated carbocycles. The Morgan fingerprint density at radius 3 is 2.62 bits per heavy atom. The Morgan fingerprint density at radius 1 is 1.12 bits per heavy atom. The van der Waals surface area contributed by atoms with E-state index in [1.54, 1.807) is 18.2 Å². The highest BCUT2D eigenvalue weighted by atomic mass is 35.5. The van der Waals surface area contributed by atoms with Gasteiger partial charge in [-0.2, -0.15) is 0 Å². The van der Waals surface area contributed by atoms with Gasteiger partial charge in [0.25, 0.3) is 11.8 Å². The van der Waals surface area contributed by atoms with Crippen LogP contribution in [0.4, 0.5) is 0 Å². The van der Waals surface area contributed by atoms with E-state index in [4.69, 9.17) is 28.6 Å². The van der Waals surface area contributed by atoms with Crippen LogP contribution >= 0.6 is 23.8 Å². The number of halogens is 1. The Kier molecular flexibility index (Phi) is 6.94. The van der Waals surface area contributed by atoms with Crippen molar-refractivity contribution in [2.45, 2.75) is 13.8 Å². The lowest BCUT2D eigenvalue weighted by atomic mass is 10.1. The first kappa shape index (κ1) is 19.7. The minimum atomic E-state index is -0.444. The van der Waals surface area contributed by atoms with Crippen LogP contribution in [0.15, 0.2) is 42.5 Å². The van der Waals surface area contributed by atoms with Gasteiger partial charge in [-0.15, -0.1) is 0 Å². The average Bonchev–Trinajstić information content (AvgIpc) is 2.60. The zero-order chi connectivity index (χ0) is 19.1. The largest absolute Gasteiger partial charge is 0.483 e. The van der Waals surface area contributed by atoms with Crippen molar-refractivity contribution in [1.82, 2.24) is 16.2 Å². The van der Waals surface area contributed by atoms with E-state index in [2.05, 4.69) is 16.2 Å². The van der Waals surface area contributed by atoms with Crippen LogP contribution in [0, 0.1) is 13.8 Å². The van der Waals surface area contributed by atoms with Crippen molar-refractivity contribution in [1.29, 1.82) is 0 Å². The molecule has 0 aliphatic rings. The van der Waals surface area contributed by atoms with E-state index in [1.807, 2.05) is 32.0 Å². The van der Waals surface area contributed by atoms with Crippen molar-refractivity contribution in [3.05, 3.63) is 64.2 Å². The predicted octanol–water partition coefficient (Wildman–Crippen LogP) is 2.67. The van der Waals surface area contributed by atoms with E-state index in [0.717, 1.165) is 11.1 Å². The molecule has 0 spiro atoms. The van der Waals surface area contributed by atoms with Gasteiger partial charge < -0.3 is 4.74 Å². The summed E-state index contributed by atoms with van der Waals surface area (Å²) in [5, 5.41) is 2.81. The maximum absolute atomic E-state index is 11.9. The third kappa shape index (κ3) is 6.02. The summed E-state index contributed by atoms with van der Waals surface area (Å²) in [6.45, 7) is 3.63. The van der Waals surface area contributed by atoms with Crippen molar-refractivity contribution in [3.8, 4) is 5.75 Å². The Labute approximate surface area is 161 Å². The summed E-state index contributed by atoms with van der Waals surface area (Å²) in [6.07, 6.45) is 0. The molecule has 0 heterocycles. The number of hydrogen-bond acceptors (Lipinski definition) is 4. The van der Waals surface area contributed by atoms with Gasteiger partial charge in [0.15, 0.2) is 11.7 Å². The van der Waals surface area contributed by atoms with E-state index < -0.39 is 11.8 Å². The summed E-state index contributed by atoms with van der Waals surface area (Å²) in [6, 6.07) is 12.2. The van der Waals surface area contributed by atoms with Crippen molar-refractivity contribution in [2.24, 2.45) is 0 Å². The summed E-state index contributed by atoms with van der Waals surface area (Å²) in [7, 11) is 0. The first-order valence-electron chi connectivity index (χ1n) is 7.71. The fourth-order valence-corrected chi connectivity index (χ4v) is 2.37. The summed E-state index contributed by atoms with van der Waals surface area (Å²) < 4.78 is 5.49. The summed E-state index contributed by atoms with van der Waals surface area (Å²) in [5.41, 5.74) is 7.15. The molecule has 2 amide bonds. The zero-order valence-corrected chi connectivity index (χ0v) is 15.8. The summed E-state index contributed by atoms with van der Waals surface area (Å²) in [4.78, 5) is 23.8. The molecule has 0 atom stereocenters. The Morgan fingerprint density at radius 2 is 1.88 bits per heavy atom. The second-order valence-corrected chi connectivity index (χ2v) is 6.37. The molecule has 0 aliphatic carbocycles. The number of hydrazine groups is 1. The number of thiocarbonyl (C=S) groups is 1. The standard InChI is InChI=1S/C18H18ClN3O3S/c1-11-6-7-12(2)15(8-11)25-10-16(23)20-18(26)22-21-17(24)13-4-3-5-14(19)9-13/h3-9H,10H2,1-2H3,(H,21,24)(H2,20,22,23,26). The molecule has 2 rings (SSSR count). The van der Waals surface area contributed by atoms with Crippen LogP contribution in [0.25, 0.3) is 0 Å². The number of nitrogens with one attached hydrogen (secondary N) is 3. The average molecular weight is 392 g/mol. The molecule has 0 fully saturated rings. The number of hydrogen-bond donors (Lipinski definition) is 3. The molecule has 0 unspecified atom stereocenters. The number of rotatable bonds is 4. The van der Waals surface area contributed by atoms with Gasteiger partial charge in [0.2, 0.25) is 0 Å². The predicted molar refractivity (Wildman–Crippen MR) is 104 cm³/mol. The molecule has 0 aliphatic heterocycles. The van der Waals surface area contributed by atoms with E-state index >= 15 is 0 Å². The number of aryl methyl sites for hydroxylation is 2. The monoisotopic (exact) mass is 391 g/mol. The summed E-state index contributed by atoms with van der Waals surface area (Å²) in [5.74, 6) is -0.246. The van der Waals surface area contributed by atoms with Crippen molar-refractivity contribution < 1.29 is 14.3 Å². The molecule has 8 heteroatoms. The third-order valence-electron chi connectivity index (χ3n) is 3.33. The normalized spacial score (nSPS) is 9.96. The van der Waals surface area contributed by atoms with E-state index in [1.165, 1.54) is 6.07 Å². The first-order chi connectivity index (χ1) is 12.3. The lowest BCUT2D eigenvalue weighted by Gasteiger charge is -2.12. The Balaban J connectivity index is 1.77. The summed E-state index contributed by atoms with van der Waals surface area (Å²) >= 11 is 10.8. The van der Waals surface area contributed by atoms with Crippen LogP contribution in [0.1, 0.15) is 21.5 Å². The molecule has 26 heavy (non-hydrogen) atoms. The van der Waals surface area contributed by atoms with Gasteiger partial charge in [0.1, 0.15) is 5.75 Å². The SMILES string of the molecule is Cc1ccc(C)c(OCC(=O)NC(=S)NNC(=O)c2cccc(Cl)c2)c1. The topological polar surface area (TPSA) is 79.5 Å². The fourth-order valence-electron chi connectivity index (χ4n) is 2.02. The van der Waals surface area contributed by atoms with Gasteiger partial charge in [-0.1, -0.05) is 29.8 Å². The van der Waals surface area contributed by atoms with Gasteiger partial charge in [0.05, 0.1) is 0 Å². The molecule has 6 nitrogen and oxygen atoms in total. The molecule has 2 aromatic rings. The van der Waals surface area contributed by atoms with Crippen LogP contribution < -0.4 is 20.9 Å². The van der Waals surface area contributed by atoms with E-state index in [9.17, 15) is 9.59 Å². The van der Waals surface area contributed by atoms with Crippen molar-refractivity contribution in [3.63, 3.8) is 0 Å². The highest BCUT2D eigenvalue weighted by Crippen LogP contribution is 2.18. The zero-order valence-electron chi connectivity index (χ0n) is 14.3. The number of benzene rings is 2. The maximum atomic E-state index is 11.9.